The lowest BCUT2D eigenvalue weighted by Gasteiger charge is -2.25. The number of halogens is 1. The van der Waals surface area contributed by atoms with Crippen molar-refractivity contribution in [2.75, 3.05) is 33.1 Å². The van der Waals surface area contributed by atoms with Crippen LogP contribution in [0, 0.1) is 0 Å². The van der Waals surface area contributed by atoms with Crippen molar-refractivity contribution < 1.29 is 4.74 Å². The molecule has 3 nitrogen and oxygen atoms in total. The number of rotatable bonds is 5. The van der Waals surface area contributed by atoms with Gasteiger partial charge in [-0.05, 0) is 25.2 Å². The van der Waals surface area contributed by atoms with E-state index in [0.717, 1.165) is 46.2 Å². The number of ether oxygens (including phenoxy) is 1. The zero-order valence-corrected chi connectivity index (χ0v) is 13.4. The van der Waals surface area contributed by atoms with Gasteiger partial charge in [0.2, 0.25) is 0 Å². The second-order valence-electron chi connectivity index (χ2n) is 4.49. The number of benzene rings is 1. The average Bonchev–Trinajstić information content (AvgIpc) is 2.75. The SMILES string of the molecule is COc1ccc(Cl)cc1CN(C)CN1CCSC1=S. The smallest absolute Gasteiger partial charge is 0.137 e. The molecule has 0 saturated carbocycles. The van der Waals surface area contributed by atoms with Gasteiger partial charge in [-0.1, -0.05) is 35.6 Å². The third-order valence-electron chi connectivity index (χ3n) is 2.94. The highest BCUT2D eigenvalue weighted by Gasteiger charge is 2.19. The Bertz CT molecular complexity index is 470. The number of thioether (sulfide) groups is 1. The summed E-state index contributed by atoms with van der Waals surface area (Å²) in [5.74, 6) is 1.96. The molecule has 1 aromatic carbocycles. The number of hydrogen-bond donors (Lipinski definition) is 0. The molecular weight excluding hydrogens is 300 g/mol. The van der Waals surface area contributed by atoms with Gasteiger partial charge < -0.3 is 9.64 Å². The van der Waals surface area contributed by atoms with Gasteiger partial charge in [-0.25, -0.2) is 0 Å². The van der Waals surface area contributed by atoms with Crippen molar-refractivity contribution in [2.24, 2.45) is 0 Å². The Balaban J connectivity index is 2.00. The summed E-state index contributed by atoms with van der Waals surface area (Å²) in [6.07, 6.45) is 0. The topological polar surface area (TPSA) is 15.7 Å². The molecule has 0 atom stereocenters. The van der Waals surface area contributed by atoms with E-state index in [-0.39, 0.29) is 0 Å². The average molecular weight is 317 g/mol. The van der Waals surface area contributed by atoms with Crippen LogP contribution in [-0.2, 0) is 6.54 Å². The summed E-state index contributed by atoms with van der Waals surface area (Å²) in [6.45, 7) is 2.65. The predicted octanol–water partition coefficient (Wildman–Crippen LogP) is 3.07. The maximum Gasteiger partial charge on any atom is 0.137 e. The van der Waals surface area contributed by atoms with Crippen LogP contribution < -0.4 is 4.74 Å². The molecule has 0 aromatic heterocycles. The standard InChI is InChI=1S/C13H17ClN2OS2/c1-15(9-16-5-6-19-13(16)18)8-10-7-11(14)3-4-12(10)17-2/h3-4,7H,5-6,8-9H2,1-2H3. The highest BCUT2D eigenvalue weighted by Crippen LogP contribution is 2.24. The van der Waals surface area contributed by atoms with Gasteiger partial charge >= 0.3 is 0 Å². The predicted molar refractivity (Wildman–Crippen MR) is 86.1 cm³/mol. The fourth-order valence-corrected chi connectivity index (χ4v) is 3.47. The van der Waals surface area contributed by atoms with Crippen LogP contribution >= 0.6 is 35.6 Å². The fourth-order valence-electron chi connectivity index (χ4n) is 2.06. The molecule has 1 aliphatic rings. The first-order valence-corrected chi connectivity index (χ1v) is 7.80. The number of thiocarbonyl (C=S) groups is 1. The Hall–Kier alpha value is -0.490. The summed E-state index contributed by atoms with van der Waals surface area (Å²) in [5, 5.41) is 0.733. The quantitative estimate of drug-likeness (QED) is 0.773. The Labute approximate surface area is 128 Å². The molecule has 6 heteroatoms. The van der Waals surface area contributed by atoms with Gasteiger partial charge in [-0.2, -0.15) is 0 Å². The summed E-state index contributed by atoms with van der Waals surface area (Å²) in [6, 6.07) is 5.70. The summed E-state index contributed by atoms with van der Waals surface area (Å²) < 4.78 is 6.35. The molecule has 104 valence electrons. The first kappa shape index (κ1) is 14.9. The van der Waals surface area contributed by atoms with Gasteiger partial charge in [0.25, 0.3) is 0 Å². The molecule has 0 aliphatic carbocycles. The number of nitrogens with zero attached hydrogens (tertiary/aromatic N) is 2. The second-order valence-corrected chi connectivity index (χ2v) is 6.65. The van der Waals surface area contributed by atoms with E-state index in [9.17, 15) is 0 Å². The molecule has 0 radical (unpaired) electrons. The van der Waals surface area contributed by atoms with Gasteiger partial charge in [0, 0.05) is 29.4 Å². The van der Waals surface area contributed by atoms with E-state index in [2.05, 4.69) is 16.8 Å². The molecule has 1 aromatic rings. The van der Waals surface area contributed by atoms with Gasteiger partial charge in [-0.15, -0.1) is 0 Å². The summed E-state index contributed by atoms with van der Waals surface area (Å²) >= 11 is 13.1. The zero-order chi connectivity index (χ0) is 13.8. The lowest BCUT2D eigenvalue weighted by atomic mass is 10.2. The molecule has 1 aliphatic heterocycles. The van der Waals surface area contributed by atoms with E-state index in [1.807, 2.05) is 18.2 Å². The maximum atomic E-state index is 6.04. The Morgan fingerprint density at radius 2 is 2.32 bits per heavy atom. The molecule has 19 heavy (non-hydrogen) atoms. The Morgan fingerprint density at radius 3 is 2.95 bits per heavy atom. The highest BCUT2D eigenvalue weighted by atomic mass is 35.5. The summed E-state index contributed by atoms with van der Waals surface area (Å²) in [4.78, 5) is 4.43. The normalized spacial score (nSPS) is 15.4. The third kappa shape index (κ3) is 3.99. The third-order valence-corrected chi connectivity index (χ3v) is 4.68. The molecule has 1 heterocycles. The molecule has 0 bridgehead atoms. The molecule has 1 saturated heterocycles. The van der Waals surface area contributed by atoms with Crippen molar-refractivity contribution in [1.82, 2.24) is 9.80 Å². The van der Waals surface area contributed by atoms with Crippen LogP contribution in [0.4, 0.5) is 0 Å². The molecule has 0 N–H and O–H groups in total. The van der Waals surface area contributed by atoms with Crippen LogP contribution in [-0.4, -0.2) is 47.2 Å². The van der Waals surface area contributed by atoms with E-state index in [4.69, 9.17) is 28.6 Å². The van der Waals surface area contributed by atoms with E-state index in [1.165, 1.54) is 0 Å². The van der Waals surface area contributed by atoms with Gasteiger partial charge in [0.15, 0.2) is 0 Å². The molecule has 2 rings (SSSR count). The van der Waals surface area contributed by atoms with Gasteiger partial charge in [0.1, 0.15) is 10.1 Å². The lowest BCUT2D eigenvalue weighted by Crippen LogP contribution is -2.35. The molecule has 1 fully saturated rings. The van der Waals surface area contributed by atoms with Crippen LogP contribution in [0.2, 0.25) is 5.02 Å². The minimum atomic E-state index is 0.733. The minimum absolute atomic E-state index is 0.733. The fraction of sp³-hybridized carbons (Fsp3) is 0.462. The highest BCUT2D eigenvalue weighted by molar-refractivity contribution is 8.23. The first-order chi connectivity index (χ1) is 9.10. The lowest BCUT2D eigenvalue weighted by molar-refractivity contribution is 0.226. The van der Waals surface area contributed by atoms with Crippen LogP contribution in [0.3, 0.4) is 0 Å². The van der Waals surface area contributed by atoms with Crippen LogP contribution in [0.25, 0.3) is 0 Å². The van der Waals surface area contributed by atoms with Crippen molar-refractivity contribution in [3.05, 3.63) is 28.8 Å². The van der Waals surface area contributed by atoms with Crippen molar-refractivity contribution in [2.45, 2.75) is 6.54 Å². The molecular formula is C13H17ClN2OS2. The van der Waals surface area contributed by atoms with Gasteiger partial charge in [-0.3, -0.25) is 4.90 Å². The van der Waals surface area contributed by atoms with Crippen LogP contribution in [0.15, 0.2) is 18.2 Å². The Kier molecular flexibility index (Phi) is 5.33. The summed E-state index contributed by atoms with van der Waals surface area (Å²) in [5.41, 5.74) is 1.09. The zero-order valence-electron chi connectivity index (χ0n) is 11.1. The largest absolute Gasteiger partial charge is 0.496 e. The number of hydrogen-bond acceptors (Lipinski definition) is 4. The van der Waals surface area contributed by atoms with E-state index in [1.54, 1.807) is 18.9 Å². The molecule has 0 unspecified atom stereocenters. The second kappa shape index (κ2) is 6.79. The van der Waals surface area contributed by atoms with E-state index in [0.29, 0.717) is 0 Å². The molecule has 0 spiro atoms. The molecule has 0 amide bonds. The monoisotopic (exact) mass is 316 g/mol. The Morgan fingerprint density at radius 1 is 1.53 bits per heavy atom. The van der Waals surface area contributed by atoms with Crippen molar-refractivity contribution in [3.63, 3.8) is 0 Å². The minimum Gasteiger partial charge on any atom is -0.496 e. The number of methoxy groups -OCH3 is 1. The maximum absolute atomic E-state index is 6.04. The van der Waals surface area contributed by atoms with Crippen molar-refractivity contribution >= 4 is 39.9 Å². The first-order valence-electron chi connectivity index (χ1n) is 6.03. The summed E-state index contributed by atoms with van der Waals surface area (Å²) in [7, 11) is 3.75. The van der Waals surface area contributed by atoms with Gasteiger partial charge in [0.05, 0.1) is 13.8 Å². The van der Waals surface area contributed by atoms with Crippen molar-refractivity contribution in [1.29, 1.82) is 0 Å². The van der Waals surface area contributed by atoms with Crippen molar-refractivity contribution in [3.8, 4) is 5.75 Å². The van der Waals surface area contributed by atoms with E-state index < -0.39 is 0 Å². The van der Waals surface area contributed by atoms with E-state index >= 15 is 0 Å². The van der Waals surface area contributed by atoms with Crippen LogP contribution in [0.5, 0.6) is 5.75 Å². The van der Waals surface area contributed by atoms with Crippen LogP contribution in [0.1, 0.15) is 5.56 Å².